The first-order valence-corrected chi connectivity index (χ1v) is 28.9. The van der Waals surface area contributed by atoms with Crippen LogP contribution < -0.4 is 0 Å². The van der Waals surface area contributed by atoms with E-state index in [1.807, 2.05) is 21.1 Å². The van der Waals surface area contributed by atoms with Crippen LogP contribution in [0.3, 0.4) is 0 Å². The number of unbranched alkanes of at least 4 members (excludes halogenated alkanes) is 28. The van der Waals surface area contributed by atoms with Gasteiger partial charge in [0.25, 0.3) is 0 Å². The van der Waals surface area contributed by atoms with Crippen LogP contribution in [0.2, 0.25) is 0 Å². The molecule has 0 aliphatic heterocycles. The van der Waals surface area contributed by atoms with Crippen molar-refractivity contribution in [2.24, 2.45) is 0 Å². The number of nitrogens with zero attached hydrogens (tertiary/aromatic N) is 1. The largest absolute Gasteiger partial charge is 0.472 e. The van der Waals surface area contributed by atoms with E-state index in [9.17, 15) is 19.0 Å². The Kier molecular flexibility index (Phi) is 46.5. The second-order valence-corrected chi connectivity index (χ2v) is 21.1. The number of hydrogen-bond acceptors (Lipinski definition) is 7. The second-order valence-electron chi connectivity index (χ2n) is 19.6. The fourth-order valence-corrected chi connectivity index (χ4v) is 8.27. The number of hydrogen-bond donors (Lipinski definition) is 1. The molecule has 2 unspecified atom stereocenters. The Morgan fingerprint density at radius 1 is 0.470 bits per heavy atom. The highest BCUT2D eigenvalue weighted by molar-refractivity contribution is 7.47. The summed E-state index contributed by atoms with van der Waals surface area (Å²) in [7, 11) is 1.48. The summed E-state index contributed by atoms with van der Waals surface area (Å²) in [5.74, 6) is -0.804. The molecule has 9 nitrogen and oxygen atoms in total. The fraction of sp³-hybridized carbons (Fsp3) is 0.821. The molecule has 0 aliphatic rings. The van der Waals surface area contributed by atoms with Crippen LogP contribution in [0.1, 0.15) is 245 Å². The zero-order chi connectivity index (χ0) is 48.5. The third-order valence-corrected chi connectivity index (χ3v) is 12.8. The summed E-state index contributed by atoms with van der Waals surface area (Å²) in [4.78, 5) is 35.5. The van der Waals surface area contributed by atoms with Gasteiger partial charge in [-0.25, -0.2) is 4.57 Å². The number of carbonyl (C=O) groups excluding carboxylic acids is 2. The maximum Gasteiger partial charge on any atom is 0.472 e. The third kappa shape index (κ3) is 51.4. The minimum atomic E-state index is -4.38. The molecule has 0 aromatic rings. The average Bonchev–Trinajstić information content (AvgIpc) is 3.27. The standard InChI is InChI=1S/C56H104NO8P/c1-6-8-10-12-14-16-18-19-20-21-22-23-24-25-26-27-28-29-30-31-32-33-34-35-36-37-39-41-43-45-47-49-56(59)65-54(53-64-66(60,61)63-51-50-57(3,4)5)52-62-55(58)48-46-44-42-40-38-17-15-13-11-9-7-2/h13,15,18-19,21-22,24-25,54H,6-12,14,16-17,20,23,26-53H2,1-5H3/p+1/b15-13-,19-18-,22-21-,25-24-. The highest BCUT2D eigenvalue weighted by atomic mass is 31.2. The van der Waals surface area contributed by atoms with E-state index in [2.05, 4.69) is 62.5 Å². The molecule has 386 valence electrons. The van der Waals surface area contributed by atoms with Gasteiger partial charge in [0.2, 0.25) is 0 Å². The number of allylic oxidation sites excluding steroid dienone is 8. The summed E-state index contributed by atoms with van der Waals surface area (Å²) < 4.78 is 34.4. The van der Waals surface area contributed by atoms with Gasteiger partial charge >= 0.3 is 19.8 Å². The summed E-state index contributed by atoms with van der Waals surface area (Å²) in [6.45, 7) is 4.38. The van der Waals surface area contributed by atoms with Crippen LogP contribution in [-0.2, 0) is 32.7 Å². The summed E-state index contributed by atoms with van der Waals surface area (Å²) in [5.41, 5.74) is 0. The highest BCUT2D eigenvalue weighted by Crippen LogP contribution is 2.43. The summed E-state index contributed by atoms with van der Waals surface area (Å²) in [5, 5.41) is 0. The van der Waals surface area contributed by atoms with Crippen molar-refractivity contribution in [1.82, 2.24) is 0 Å². The average molecular weight is 951 g/mol. The van der Waals surface area contributed by atoms with Crippen LogP contribution in [0.5, 0.6) is 0 Å². The number of phosphoric ester groups is 1. The summed E-state index contributed by atoms with van der Waals surface area (Å²) in [6.07, 6.45) is 59.0. The summed E-state index contributed by atoms with van der Waals surface area (Å²) in [6, 6.07) is 0. The van der Waals surface area contributed by atoms with Gasteiger partial charge in [-0.15, -0.1) is 0 Å². The predicted molar refractivity (Wildman–Crippen MR) is 280 cm³/mol. The Morgan fingerprint density at radius 3 is 1.27 bits per heavy atom. The van der Waals surface area contributed by atoms with E-state index in [0.29, 0.717) is 17.4 Å². The molecule has 0 saturated heterocycles. The molecule has 10 heteroatoms. The lowest BCUT2D eigenvalue weighted by Crippen LogP contribution is -2.37. The maximum atomic E-state index is 12.8. The first-order chi connectivity index (χ1) is 32.0. The Labute approximate surface area is 407 Å². The Balaban J connectivity index is 4.04. The number of rotatable bonds is 50. The molecule has 0 saturated carbocycles. The molecule has 0 bridgehead atoms. The van der Waals surface area contributed by atoms with Crippen LogP contribution in [0.4, 0.5) is 0 Å². The van der Waals surface area contributed by atoms with Gasteiger partial charge < -0.3 is 18.9 Å². The second kappa shape index (κ2) is 48.0. The van der Waals surface area contributed by atoms with Gasteiger partial charge in [0.1, 0.15) is 19.8 Å². The lowest BCUT2D eigenvalue weighted by molar-refractivity contribution is -0.870. The van der Waals surface area contributed by atoms with Crippen molar-refractivity contribution in [2.45, 2.75) is 251 Å². The minimum absolute atomic E-state index is 0.0305. The van der Waals surface area contributed by atoms with E-state index >= 15 is 0 Å². The van der Waals surface area contributed by atoms with E-state index < -0.39 is 26.5 Å². The topological polar surface area (TPSA) is 108 Å². The Morgan fingerprint density at radius 2 is 0.833 bits per heavy atom. The number of esters is 2. The number of likely N-dealkylation sites (N-methyl/N-ethyl adjacent to an activating group) is 1. The monoisotopic (exact) mass is 951 g/mol. The quantitative estimate of drug-likeness (QED) is 0.0211. The number of phosphoric acid groups is 1. The molecule has 0 aliphatic carbocycles. The van der Waals surface area contributed by atoms with Gasteiger partial charge in [-0.3, -0.25) is 18.6 Å². The normalized spacial score (nSPS) is 13.7. The molecule has 2 atom stereocenters. The first-order valence-electron chi connectivity index (χ1n) is 27.4. The Bertz CT molecular complexity index is 1260. The first kappa shape index (κ1) is 64.0. The van der Waals surface area contributed by atoms with Crippen LogP contribution in [0, 0.1) is 0 Å². The van der Waals surface area contributed by atoms with Crippen molar-refractivity contribution in [3.8, 4) is 0 Å². The van der Waals surface area contributed by atoms with Crippen molar-refractivity contribution in [3.05, 3.63) is 48.6 Å². The SMILES string of the molecule is CCCC/C=C\CCCCCCCC(=O)OCC(COP(=O)(O)OCC[N+](C)(C)C)OC(=O)CCCCCCCCCCCCCCCCCC/C=C\C/C=C\C/C=C\CCCCCCC. The maximum absolute atomic E-state index is 12.8. The molecule has 0 aromatic heterocycles. The van der Waals surface area contributed by atoms with Crippen LogP contribution in [0.15, 0.2) is 48.6 Å². The van der Waals surface area contributed by atoms with Gasteiger partial charge in [-0.2, -0.15) is 0 Å². The molecular weight excluding hydrogens is 846 g/mol. The highest BCUT2D eigenvalue weighted by Gasteiger charge is 2.27. The molecule has 66 heavy (non-hydrogen) atoms. The number of ether oxygens (including phenoxy) is 2. The molecular formula is C56H105NO8P+. The van der Waals surface area contributed by atoms with Gasteiger partial charge in [0, 0.05) is 12.8 Å². The van der Waals surface area contributed by atoms with Crippen molar-refractivity contribution in [2.75, 3.05) is 47.5 Å². The van der Waals surface area contributed by atoms with Gasteiger partial charge in [-0.1, -0.05) is 210 Å². The van der Waals surface area contributed by atoms with Gasteiger partial charge in [0.15, 0.2) is 6.10 Å². The molecule has 0 heterocycles. The zero-order valence-electron chi connectivity index (χ0n) is 43.7. The third-order valence-electron chi connectivity index (χ3n) is 11.8. The molecule has 1 N–H and O–H groups in total. The van der Waals surface area contributed by atoms with Crippen LogP contribution >= 0.6 is 7.82 Å². The molecule has 0 amide bonds. The van der Waals surface area contributed by atoms with Crippen molar-refractivity contribution < 1.29 is 42.1 Å². The zero-order valence-corrected chi connectivity index (χ0v) is 44.6. The van der Waals surface area contributed by atoms with E-state index in [4.69, 9.17) is 18.5 Å². The predicted octanol–water partition coefficient (Wildman–Crippen LogP) is 16.6. The minimum Gasteiger partial charge on any atom is -0.462 e. The van der Waals surface area contributed by atoms with Crippen molar-refractivity contribution >= 4 is 19.8 Å². The van der Waals surface area contributed by atoms with E-state index in [0.717, 1.165) is 70.6 Å². The molecule has 0 rings (SSSR count). The Hall–Kier alpha value is -2.03. The van der Waals surface area contributed by atoms with Crippen molar-refractivity contribution in [1.29, 1.82) is 0 Å². The number of quaternary nitrogens is 1. The van der Waals surface area contributed by atoms with Crippen LogP contribution in [0.25, 0.3) is 0 Å². The molecule has 0 fully saturated rings. The molecule has 0 aromatic carbocycles. The molecule has 0 spiro atoms. The fourth-order valence-electron chi connectivity index (χ4n) is 7.53. The van der Waals surface area contributed by atoms with Crippen LogP contribution in [-0.4, -0.2) is 74.9 Å². The molecule has 0 radical (unpaired) electrons. The summed E-state index contributed by atoms with van der Waals surface area (Å²) >= 11 is 0. The number of carbonyl (C=O) groups is 2. The van der Waals surface area contributed by atoms with Gasteiger partial charge in [0.05, 0.1) is 27.7 Å². The van der Waals surface area contributed by atoms with Gasteiger partial charge in [-0.05, 0) is 70.6 Å². The van der Waals surface area contributed by atoms with E-state index in [1.165, 1.54) is 141 Å². The van der Waals surface area contributed by atoms with Crippen molar-refractivity contribution in [3.63, 3.8) is 0 Å². The van der Waals surface area contributed by atoms with E-state index in [-0.39, 0.29) is 32.0 Å². The smallest absolute Gasteiger partial charge is 0.462 e. The van der Waals surface area contributed by atoms with E-state index in [1.54, 1.807) is 0 Å². The lowest BCUT2D eigenvalue weighted by atomic mass is 10.0. The lowest BCUT2D eigenvalue weighted by Gasteiger charge is -2.24.